The highest BCUT2D eigenvalue weighted by Gasteiger charge is 2.15. The predicted molar refractivity (Wildman–Crippen MR) is 153 cm³/mol. The topological polar surface area (TPSA) is 20.3 Å². The first-order valence-corrected chi connectivity index (χ1v) is 14.1. The third kappa shape index (κ3) is 9.88. The zero-order valence-electron chi connectivity index (χ0n) is 21.9. The van der Waals surface area contributed by atoms with Gasteiger partial charge in [-0.05, 0) is 41.9 Å². The minimum absolute atomic E-state index is 0.0526. The van der Waals surface area contributed by atoms with Crippen LogP contribution in [0.5, 0.6) is 0 Å². The maximum Gasteiger partial charge on any atom is 0.178 e. The number of para-hydroxylation sites is 1. The van der Waals surface area contributed by atoms with E-state index in [1.807, 2.05) is 12.2 Å². The van der Waals surface area contributed by atoms with Gasteiger partial charge in [-0.15, -0.1) is 0 Å². The van der Waals surface area contributed by atoms with E-state index in [0.29, 0.717) is 0 Å². The van der Waals surface area contributed by atoms with Gasteiger partial charge < -0.3 is 4.90 Å². The second-order valence-corrected chi connectivity index (χ2v) is 9.98. The SMILES string of the molecule is CCCCCCCCCCCCCCCCN1C=C/C(=C\C=C2C=CC(=O)C=C2)c2ccccc21. The molecule has 0 amide bonds. The largest absolute Gasteiger partial charge is 0.347 e. The average molecular weight is 472 g/mol. The van der Waals surface area contributed by atoms with E-state index in [9.17, 15) is 4.79 Å². The van der Waals surface area contributed by atoms with Crippen LogP contribution in [-0.2, 0) is 4.79 Å². The van der Waals surface area contributed by atoms with Gasteiger partial charge >= 0.3 is 0 Å². The maximum atomic E-state index is 11.3. The number of unbranched alkanes of at least 4 members (excludes halogenated alkanes) is 13. The normalized spacial score (nSPS) is 15.8. The lowest BCUT2D eigenvalue weighted by atomic mass is 9.98. The molecular weight excluding hydrogens is 426 g/mol. The van der Waals surface area contributed by atoms with E-state index in [1.165, 1.54) is 107 Å². The Balaban J connectivity index is 1.32. The molecule has 0 bridgehead atoms. The molecule has 3 rings (SSSR count). The zero-order chi connectivity index (χ0) is 24.6. The van der Waals surface area contributed by atoms with E-state index in [4.69, 9.17) is 0 Å². The molecule has 1 aliphatic heterocycles. The summed E-state index contributed by atoms with van der Waals surface area (Å²) in [5.41, 5.74) is 4.83. The van der Waals surface area contributed by atoms with Crippen molar-refractivity contribution in [2.75, 3.05) is 11.4 Å². The molecule has 188 valence electrons. The van der Waals surface area contributed by atoms with Crippen molar-refractivity contribution in [2.45, 2.75) is 96.8 Å². The van der Waals surface area contributed by atoms with Crippen molar-refractivity contribution in [1.29, 1.82) is 0 Å². The number of hydrogen-bond acceptors (Lipinski definition) is 2. The number of carbonyl (C=O) groups is 1. The van der Waals surface area contributed by atoms with Crippen LogP contribution < -0.4 is 4.90 Å². The first kappa shape index (κ1) is 27.0. The second-order valence-electron chi connectivity index (χ2n) is 9.98. The average Bonchev–Trinajstić information content (AvgIpc) is 2.89. The summed E-state index contributed by atoms with van der Waals surface area (Å²) in [4.78, 5) is 13.7. The number of rotatable bonds is 16. The molecule has 0 saturated carbocycles. The minimum Gasteiger partial charge on any atom is -0.347 e. The van der Waals surface area contributed by atoms with Crippen molar-refractivity contribution in [3.05, 3.63) is 84.1 Å². The van der Waals surface area contributed by atoms with Gasteiger partial charge in [0, 0.05) is 24.0 Å². The van der Waals surface area contributed by atoms with Crippen molar-refractivity contribution in [3.63, 3.8) is 0 Å². The molecule has 1 aliphatic carbocycles. The van der Waals surface area contributed by atoms with Crippen molar-refractivity contribution in [3.8, 4) is 0 Å². The van der Waals surface area contributed by atoms with Crippen LogP contribution in [0.2, 0.25) is 0 Å². The van der Waals surface area contributed by atoms with Crippen LogP contribution in [-0.4, -0.2) is 12.3 Å². The Bertz CT molecular complexity index is 912. The molecule has 0 aromatic heterocycles. The Morgan fingerprint density at radius 3 is 1.86 bits per heavy atom. The van der Waals surface area contributed by atoms with Crippen LogP contribution in [0.4, 0.5) is 5.69 Å². The molecule has 0 atom stereocenters. The highest BCUT2D eigenvalue weighted by Crippen LogP contribution is 2.33. The molecule has 0 saturated heterocycles. The van der Waals surface area contributed by atoms with Gasteiger partial charge in [-0.25, -0.2) is 0 Å². The number of carbonyl (C=O) groups excluding carboxylic acids is 1. The fraction of sp³-hybridized carbons (Fsp3) is 0.485. The smallest absolute Gasteiger partial charge is 0.178 e. The van der Waals surface area contributed by atoms with Crippen LogP contribution in [0, 0.1) is 0 Å². The van der Waals surface area contributed by atoms with Gasteiger partial charge in [0.2, 0.25) is 0 Å². The lowest BCUT2D eigenvalue weighted by Crippen LogP contribution is -2.21. The summed E-state index contributed by atoms with van der Waals surface area (Å²) in [6.07, 6.45) is 35.2. The number of anilines is 1. The van der Waals surface area contributed by atoms with Crippen LogP contribution >= 0.6 is 0 Å². The highest BCUT2D eigenvalue weighted by atomic mass is 16.1. The van der Waals surface area contributed by atoms with Crippen molar-refractivity contribution >= 4 is 17.0 Å². The summed E-state index contributed by atoms with van der Waals surface area (Å²) in [5.74, 6) is 0.0526. The molecule has 2 heteroatoms. The third-order valence-electron chi connectivity index (χ3n) is 7.05. The van der Waals surface area contributed by atoms with E-state index < -0.39 is 0 Å². The van der Waals surface area contributed by atoms with Gasteiger partial charge in [-0.3, -0.25) is 4.79 Å². The summed E-state index contributed by atoms with van der Waals surface area (Å²) < 4.78 is 0. The number of ketones is 1. The van der Waals surface area contributed by atoms with Gasteiger partial charge in [0.15, 0.2) is 5.78 Å². The van der Waals surface area contributed by atoms with E-state index in [0.717, 1.165) is 12.1 Å². The summed E-state index contributed by atoms with van der Waals surface area (Å²) in [7, 11) is 0. The number of nitrogens with zero attached hydrogens (tertiary/aromatic N) is 1. The highest BCUT2D eigenvalue weighted by molar-refractivity contribution is 6.01. The molecule has 1 aromatic carbocycles. The van der Waals surface area contributed by atoms with Gasteiger partial charge in [-0.1, -0.05) is 133 Å². The molecule has 0 unspecified atom stereocenters. The Morgan fingerprint density at radius 2 is 1.23 bits per heavy atom. The van der Waals surface area contributed by atoms with Crippen LogP contribution in [0.25, 0.3) is 5.57 Å². The fourth-order valence-corrected chi connectivity index (χ4v) is 4.89. The molecule has 35 heavy (non-hydrogen) atoms. The van der Waals surface area contributed by atoms with Crippen molar-refractivity contribution in [1.82, 2.24) is 0 Å². The summed E-state index contributed by atoms with van der Waals surface area (Å²) >= 11 is 0. The quantitative estimate of drug-likeness (QED) is 0.224. The molecule has 1 heterocycles. The molecule has 0 fully saturated rings. The van der Waals surface area contributed by atoms with E-state index in [1.54, 1.807) is 12.2 Å². The lowest BCUT2D eigenvalue weighted by molar-refractivity contribution is -0.110. The number of allylic oxidation sites excluding steroid dienone is 9. The van der Waals surface area contributed by atoms with Crippen LogP contribution in [0.15, 0.2) is 78.6 Å². The van der Waals surface area contributed by atoms with E-state index in [-0.39, 0.29) is 5.78 Å². The first-order chi connectivity index (χ1) is 17.3. The fourth-order valence-electron chi connectivity index (χ4n) is 4.89. The Hall–Kier alpha value is -2.61. The summed E-state index contributed by atoms with van der Waals surface area (Å²) in [6, 6.07) is 8.67. The minimum atomic E-state index is 0.0526. The molecule has 2 nitrogen and oxygen atoms in total. The molecule has 0 spiro atoms. The first-order valence-electron chi connectivity index (χ1n) is 14.1. The van der Waals surface area contributed by atoms with Crippen LogP contribution in [0.3, 0.4) is 0 Å². The monoisotopic (exact) mass is 471 g/mol. The van der Waals surface area contributed by atoms with Gasteiger partial charge in [0.25, 0.3) is 0 Å². The number of hydrogen-bond donors (Lipinski definition) is 0. The molecule has 0 N–H and O–H groups in total. The maximum absolute atomic E-state index is 11.3. The van der Waals surface area contributed by atoms with E-state index >= 15 is 0 Å². The van der Waals surface area contributed by atoms with Gasteiger partial charge in [-0.2, -0.15) is 0 Å². The zero-order valence-corrected chi connectivity index (χ0v) is 21.9. The van der Waals surface area contributed by atoms with Gasteiger partial charge in [0.1, 0.15) is 0 Å². The molecule has 1 aromatic rings. The van der Waals surface area contributed by atoms with Gasteiger partial charge in [0.05, 0.1) is 0 Å². The number of benzene rings is 1. The Kier molecular flexibility index (Phi) is 12.4. The Labute approximate surface area is 214 Å². The second kappa shape index (κ2) is 16.1. The molecular formula is C33H45NO. The predicted octanol–water partition coefficient (Wildman–Crippen LogP) is 9.51. The summed E-state index contributed by atoms with van der Waals surface area (Å²) in [5, 5.41) is 0. The van der Waals surface area contributed by atoms with Crippen molar-refractivity contribution in [2.24, 2.45) is 0 Å². The molecule has 0 radical (unpaired) electrons. The number of fused-ring (bicyclic) bond motifs is 1. The van der Waals surface area contributed by atoms with Crippen molar-refractivity contribution < 1.29 is 4.79 Å². The Morgan fingerprint density at radius 1 is 0.657 bits per heavy atom. The van der Waals surface area contributed by atoms with Crippen LogP contribution in [0.1, 0.15) is 102 Å². The summed E-state index contributed by atoms with van der Waals surface area (Å²) in [6.45, 7) is 3.37. The molecule has 2 aliphatic rings. The van der Waals surface area contributed by atoms with E-state index in [2.05, 4.69) is 60.5 Å². The standard InChI is InChI=1S/C33H45NO/c1-2-3-4-5-6-7-8-9-10-11-12-13-14-17-27-34-28-26-30(32-18-15-16-19-33(32)34)23-20-29-21-24-31(35)25-22-29/h15-16,18-26,28H,2-14,17,27H2,1H3/b30-23+. The third-order valence-corrected chi connectivity index (χ3v) is 7.05. The lowest BCUT2D eigenvalue weighted by Gasteiger charge is -2.27.